The molecule has 0 rings (SSSR count). The largest absolute Gasteiger partial charge is 0.0845 e. The summed E-state index contributed by atoms with van der Waals surface area (Å²) < 4.78 is 0. The van der Waals surface area contributed by atoms with Crippen LogP contribution < -0.4 is 0 Å². The van der Waals surface area contributed by atoms with E-state index in [4.69, 9.17) is 0 Å². The second-order valence-corrected chi connectivity index (χ2v) is 2.29. The van der Waals surface area contributed by atoms with Gasteiger partial charge >= 0.3 is 0 Å². The van der Waals surface area contributed by atoms with Crippen molar-refractivity contribution in [2.45, 2.75) is 32.6 Å². The van der Waals surface area contributed by atoms with Crippen molar-refractivity contribution in [1.29, 1.82) is 0 Å². The molecule has 0 saturated carbocycles. The molecule has 0 saturated heterocycles. The summed E-state index contributed by atoms with van der Waals surface area (Å²) in [6.07, 6.45) is 13.1. The number of hydrogen-bond acceptors (Lipinski definition) is 0. The van der Waals surface area contributed by atoms with E-state index < -0.39 is 0 Å². The highest BCUT2D eigenvalue weighted by atomic mass is 13.8. The molecule has 10 heavy (non-hydrogen) atoms. The molecule has 0 unspecified atom stereocenters. The van der Waals surface area contributed by atoms with Crippen molar-refractivity contribution in [3.05, 3.63) is 31.2 Å². The van der Waals surface area contributed by atoms with Gasteiger partial charge in [0.05, 0.1) is 0 Å². The van der Waals surface area contributed by atoms with Crippen molar-refractivity contribution in [2.75, 3.05) is 0 Å². The summed E-state index contributed by atoms with van der Waals surface area (Å²) in [5, 5.41) is 0. The van der Waals surface area contributed by atoms with Crippen LogP contribution in [0.3, 0.4) is 0 Å². The number of rotatable bonds is 5. The van der Waals surface area contributed by atoms with Gasteiger partial charge in [-0.15, -0.1) is 0 Å². The van der Waals surface area contributed by atoms with Crippen molar-refractivity contribution < 1.29 is 0 Å². The number of unbranched alkanes of at least 4 members (excludes halogenated alkanes) is 2. The van der Waals surface area contributed by atoms with Gasteiger partial charge < -0.3 is 0 Å². The lowest BCUT2D eigenvalue weighted by Gasteiger charge is -1.85. The zero-order valence-corrected chi connectivity index (χ0v) is 6.84. The summed E-state index contributed by atoms with van der Waals surface area (Å²) >= 11 is 0. The molecule has 0 aromatic rings. The van der Waals surface area contributed by atoms with Crippen LogP contribution in [0.15, 0.2) is 24.3 Å². The standard InChI is InChI=1S/C10H17/c1-3-5-7-9-10-8-6-4-2/h5,7,9-10H,1,3-4,6,8H2,2H3. The molecule has 0 fully saturated rings. The summed E-state index contributed by atoms with van der Waals surface area (Å²) in [5.74, 6) is 0. The quantitative estimate of drug-likeness (QED) is 0.402. The highest BCUT2D eigenvalue weighted by Gasteiger charge is 1.74. The normalized spacial score (nSPS) is 11.8. The molecule has 0 nitrogen and oxygen atoms in total. The minimum Gasteiger partial charge on any atom is -0.0845 e. The minimum absolute atomic E-state index is 0.887. The first-order valence-electron chi connectivity index (χ1n) is 4.02. The Morgan fingerprint density at radius 1 is 1.20 bits per heavy atom. The molecular weight excluding hydrogens is 120 g/mol. The molecule has 0 bridgehead atoms. The molecule has 0 spiro atoms. The molecule has 0 aliphatic rings. The van der Waals surface area contributed by atoms with Gasteiger partial charge in [-0.05, 0) is 19.8 Å². The van der Waals surface area contributed by atoms with Gasteiger partial charge in [-0.25, -0.2) is 0 Å². The first-order valence-corrected chi connectivity index (χ1v) is 4.02. The van der Waals surface area contributed by atoms with Crippen LogP contribution in [-0.2, 0) is 0 Å². The fourth-order valence-corrected chi connectivity index (χ4v) is 0.672. The lowest BCUT2D eigenvalue weighted by molar-refractivity contribution is 0.815. The molecule has 0 aliphatic heterocycles. The van der Waals surface area contributed by atoms with Crippen LogP contribution in [-0.4, -0.2) is 0 Å². The summed E-state index contributed by atoms with van der Waals surface area (Å²) in [5.41, 5.74) is 0. The molecule has 0 amide bonds. The van der Waals surface area contributed by atoms with E-state index in [2.05, 4.69) is 38.2 Å². The smallest absolute Gasteiger partial charge is 0.0347 e. The zero-order chi connectivity index (χ0) is 7.66. The van der Waals surface area contributed by atoms with E-state index in [1.807, 2.05) is 0 Å². The van der Waals surface area contributed by atoms with Crippen LogP contribution in [0.2, 0.25) is 0 Å². The molecule has 0 heterocycles. The average molecular weight is 137 g/mol. The summed E-state index contributed by atoms with van der Waals surface area (Å²) in [7, 11) is 0. The zero-order valence-electron chi connectivity index (χ0n) is 6.84. The summed E-state index contributed by atoms with van der Waals surface area (Å²) in [6.45, 7) is 5.91. The molecule has 0 atom stereocenters. The van der Waals surface area contributed by atoms with E-state index in [-0.39, 0.29) is 0 Å². The Morgan fingerprint density at radius 2 is 1.90 bits per heavy atom. The topological polar surface area (TPSA) is 0 Å². The van der Waals surface area contributed by atoms with Crippen molar-refractivity contribution in [3.8, 4) is 0 Å². The Bertz CT molecular complexity index is 98.6. The van der Waals surface area contributed by atoms with Gasteiger partial charge in [0.25, 0.3) is 0 Å². The maximum absolute atomic E-state index is 3.70. The third-order valence-electron chi connectivity index (χ3n) is 1.27. The Morgan fingerprint density at radius 3 is 2.50 bits per heavy atom. The lowest BCUT2D eigenvalue weighted by Crippen LogP contribution is -1.64. The molecule has 0 aliphatic carbocycles. The Balaban J connectivity index is 3.11. The molecule has 0 aromatic heterocycles. The second kappa shape index (κ2) is 8.48. The third kappa shape index (κ3) is 7.48. The predicted octanol–water partition coefficient (Wildman–Crippen LogP) is 3.51. The average Bonchev–Trinajstić information content (AvgIpc) is 1.97. The molecule has 0 N–H and O–H groups in total. The van der Waals surface area contributed by atoms with Crippen LogP contribution in [0.25, 0.3) is 0 Å². The molecule has 1 radical (unpaired) electrons. The first kappa shape index (κ1) is 9.48. The van der Waals surface area contributed by atoms with E-state index in [0.717, 1.165) is 6.42 Å². The molecule has 57 valence electrons. The van der Waals surface area contributed by atoms with Gasteiger partial charge in [-0.3, -0.25) is 0 Å². The number of allylic oxidation sites excluding steroid dienone is 4. The number of hydrogen-bond donors (Lipinski definition) is 0. The lowest BCUT2D eigenvalue weighted by atomic mass is 10.2. The Hall–Kier alpha value is -0.520. The van der Waals surface area contributed by atoms with Crippen molar-refractivity contribution >= 4 is 0 Å². The van der Waals surface area contributed by atoms with Gasteiger partial charge in [-0.2, -0.15) is 0 Å². The van der Waals surface area contributed by atoms with Gasteiger partial charge in [-0.1, -0.05) is 44.1 Å². The fourth-order valence-electron chi connectivity index (χ4n) is 0.672. The highest BCUT2D eigenvalue weighted by molar-refractivity contribution is 5.02. The van der Waals surface area contributed by atoms with Crippen LogP contribution in [0.1, 0.15) is 32.6 Å². The van der Waals surface area contributed by atoms with Crippen molar-refractivity contribution in [2.24, 2.45) is 0 Å². The van der Waals surface area contributed by atoms with Gasteiger partial charge in [0.2, 0.25) is 0 Å². The molecule has 0 aromatic carbocycles. The van der Waals surface area contributed by atoms with E-state index in [0.29, 0.717) is 0 Å². The molecule has 0 heteroatoms. The Labute approximate surface area is 64.6 Å². The van der Waals surface area contributed by atoms with Crippen LogP contribution in [0, 0.1) is 6.92 Å². The van der Waals surface area contributed by atoms with Gasteiger partial charge in [0.1, 0.15) is 0 Å². The van der Waals surface area contributed by atoms with Gasteiger partial charge in [0, 0.05) is 0 Å². The summed E-state index contributed by atoms with van der Waals surface area (Å²) in [6, 6.07) is 0. The van der Waals surface area contributed by atoms with Crippen LogP contribution >= 0.6 is 0 Å². The highest BCUT2D eigenvalue weighted by Crippen LogP contribution is 1.94. The molecular formula is C10H17. The maximum atomic E-state index is 3.70. The monoisotopic (exact) mass is 137 g/mol. The fraction of sp³-hybridized carbons (Fsp3) is 0.500. The van der Waals surface area contributed by atoms with Crippen LogP contribution in [0.4, 0.5) is 0 Å². The summed E-state index contributed by atoms with van der Waals surface area (Å²) in [4.78, 5) is 0. The maximum Gasteiger partial charge on any atom is -0.0347 e. The SMILES string of the molecule is [CH2]CC=CC=CCCCC. The van der Waals surface area contributed by atoms with Crippen molar-refractivity contribution in [3.63, 3.8) is 0 Å². The minimum atomic E-state index is 0.887. The van der Waals surface area contributed by atoms with E-state index in [9.17, 15) is 0 Å². The Kier molecular flexibility index (Phi) is 8.04. The van der Waals surface area contributed by atoms with E-state index in [1.165, 1.54) is 19.3 Å². The van der Waals surface area contributed by atoms with Crippen LogP contribution in [0.5, 0.6) is 0 Å². The third-order valence-corrected chi connectivity index (χ3v) is 1.27. The van der Waals surface area contributed by atoms with Gasteiger partial charge in [0.15, 0.2) is 0 Å². The first-order chi connectivity index (χ1) is 4.91. The van der Waals surface area contributed by atoms with Crippen molar-refractivity contribution in [1.82, 2.24) is 0 Å². The predicted molar refractivity (Wildman–Crippen MR) is 47.8 cm³/mol. The van der Waals surface area contributed by atoms with E-state index >= 15 is 0 Å². The second-order valence-electron chi connectivity index (χ2n) is 2.29. The van der Waals surface area contributed by atoms with E-state index in [1.54, 1.807) is 0 Å².